The van der Waals surface area contributed by atoms with Crippen molar-refractivity contribution in [3.63, 3.8) is 0 Å². The minimum Gasteiger partial charge on any atom is -0.438 e. The zero-order chi connectivity index (χ0) is 13.1. The monoisotopic (exact) mass is 250 g/mol. The molecule has 2 rings (SSSR count). The predicted molar refractivity (Wildman–Crippen MR) is 69.7 cm³/mol. The lowest BCUT2D eigenvalue weighted by Gasteiger charge is -2.38. The summed E-state index contributed by atoms with van der Waals surface area (Å²) in [6, 6.07) is 1.05. The van der Waals surface area contributed by atoms with E-state index in [0.717, 1.165) is 13.0 Å². The number of nitrogens with zero attached hydrogens (tertiary/aromatic N) is 2. The van der Waals surface area contributed by atoms with E-state index < -0.39 is 0 Å². The largest absolute Gasteiger partial charge is 0.438 e. The lowest BCUT2D eigenvalue weighted by molar-refractivity contribution is 0.0969. The topological polar surface area (TPSA) is 46.3 Å². The van der Waals surface area contributed by atoms with E-state index in [-0.39, 0.29) is 5.78 Å². The molecule has 18 heavy (non-hydrogen) atoms. The molecular formula is C14H22N2O2. The molecule has 0 N–H and O–H groups in total. The quantitative estimate of drug-likeness (QED) is 0.771. The third-order valence-corrected chi connectivity index (χ3v) is 3.65. The number of carbonyl (C=O) groups is 1. The van der Waals surface area contributed by atoms with E-state index in [4.69, 9.17) is 4.42 Å². The van der Waals surface area contributed by atoms with Crippen LogP contribution in [0.3, 0.4) is 0 Å². The molecule has 0 radical (unpaired) electrons. The Hall–Kier alpha value is -1.16. The van der Waals surface area contributed by atoms with Gasteiger partial charge >= 0.3 is 0 Å². The van der Waals surface area contributed by atoms with Gasteiger partial charge in [0.1, 0.15) is 0 Å². The Morgan fingerprint density at radius 1 is 1.56 bits per heavy atom. The van der Waals surface area contributed by atoms with Gasteiger partial charge in [-0.3, -0.25) is 9.69 Å². The number of hydrogen-bond acceptors (Lipinski definition) is 4. The highest BCUT2D eigenvalue weighted by Gasteiger charge is 2.26. The van der Waals surface area contributed by atoms with Gasteiger partial charge in [0.15, 0.2) is 17.4 Å². The van der Waals surface area contributed by atoms with Gasteiger partial charge in [-0.25, -0.2) is 4.98 Å². The highest BCUT2D eigenvalue weighted by atomic mass is 16.4. The van der Waals surface area contributed by atoms with Crippen LogP contribution in [0.15, 0.2) is 10.6 Å². The number of oxazole rings is 1. The highest BCUT2D eigenvalue weighted by Crippen LogP contribution is 2.22. The zero-order valence-electron chi connectivity index (χ0n) is 11.5. The summed E-state index contributed by atoms with van der Waals surface area (Å²) in [5.41, 5.74) is 0. The van der Waals surface area contributed by atoms with E-state index in [0.29, 0.717) is 23.7 Å². The number of aromatic nitrogens is 1. The Kier molecular flexibility index (Phi) is 4.17. The molecule has 1 aliphatic heterocycles. The maximum atomic E-state index is 11.2. The first-order valence-electron chi connectivity index (χ1n) is 6.79. The molecule has 1 saturated heterocycles. The van der Waals surface area contributed by atoms with Crippen LogP contribution in [-0.2, 0) is 6.42 Å². The van der Waals surface area contributed by atoms with E-state index in [2.05, 4.69) is 23.7 Å². The van der Waals surface area contributed by atoms with Crippen molar-refractivity contribution in [3.05, 3.63) is 17.8 Å². The fourth-order valence-corrected chi connectivity index (χ4v) is 2.69. The van der Waals surface area contributed by atoms with Gasteiger partial charge < -0.3 is 4.42 Å². The predicted octanol–water partition coefficient (Wildman–Crippen LogP) is 2.68. The van der Waals surface area contributed by atoms with Gasteiger partial charge in [0.2, 0.25) is 0 Å². The number of Topliss-reactive ketones (excluding diaryl/α,β-unsaturated/α-hetero) is 1. The fourth-order valence-electron chi connectivity index (χ4n) is 2.69. The van der Waals surface area contributed by atoms with Gasteiger partial charge in [-0.2, -0.15) is 0 Å². The summed E-state index contributed by atoms with van der Waals surface area (Å²) in [4.78, 5) is 17.9. The number of likely N-dealkylation sites (tertiary alicyclic amines) is 1. The van der Waals surface area contributed by atoms with E-state index in [1.165, 1.54) is 26.2 Å². The van der Waals surface area contributed by atoms with Crippen LogP contribution in [0.2, 0.25) is 0 Å². The summed E-state index contributed by atoms with van der Waals surface area (Å²) >= 11 is 0. The summed E-state index contributed by atoms with van der Waals surface area (Å²) in [6.07, 6.45) is 6.09. The second-order valence-corrected chi connectivity index (χ2v) is 5.36. The molecule has 0 aromatic carbocycles. The molecule has 4 nitrogen and oxygen atoms in total. The van der Waals surface area contributed by atoms with Gasteiger partial charge in [0.25, 0.3) is 0 Å². The molecule has 1 atom stereocenters. The second-order valence-electron chi connectivity index (χ2n) is 5.36. The third-order valence-electron chi connectivity index (χ3n) is 3.65. The minimum atomic E-state index is -0.0573. The van der Waals surface area contributed by atoms with E-state index in [1.807, 2.05) is 0 Å². The average molecular weight is 250 g/mol. The van der Waals surface area contributed by atoms with Crippen LogP contribution in [0.1, 0.15) is 56.5 Å². The Morgan fingerprint density at radius 2 is 2.33 bits per heavy atom. The van der Waals surface area contributed by atoms with Crippen LogP contribution in [0.5, 0.6) is 0 Å². The van der Waals surface area contributed by atoms with E-state index in [1.54, 1.807) is 6.20 Å². The summed E-state index contributed by atoms with van der Waals surface area (Å²) in [7, 11) is 0. The standard InChI is InChI=1S/C14H22N2O2/c1-10(2)16-7-5-4-6-12(16)8-14-15-9-13(18-14)11(3)17/h9-10,12H,4-8H2,1-3H3. The Labute approximate surface area is 108 Å². The molecule has 0 aliphatic carbocycles. The van der Waals surface area contributed by atoms with Crippen LogP contribution in [0.4, 0.5) is 0 Å². The Balaban J connectivity index is 2.03. The molecule has 1 fully saturated rings. The van der Waals surface area contributed by atoms with Crippen molar-refractivity contribution in [1.29, 1.82) is 0 Å². The van der Waals surface area contributed by atoms with Crippen molar-refractivity contribution in [2.24, 2.45) is 0 Å². The number of piperidine rings is 1. The van der Waals surface area contributed by atoms with Gasteiger partial charge in [0, 0.05) is 25.4 Å². The maximum Gasteiger partial charge on any atom is 0.196 e. The zero-order valence-corrected chi connectivity index (χ0v) is 11.5. The van der Waals surface area contributed by atoms with Gasteiger partial charge in [0.05, 0.1) is 6.20 Å². The van der Waals surface area contributed by atoms with Crippen molar-refractivity contribution in [1.82, 2.24) is 9.88 Å². The van der Waals surface area contributed by atoms with E-state index in [9.17, 15) is 4.79 Å². The van der Waals surface area contributed by atoms with Crippen molar-refractivity contribution >= 4 is 5.78 Å². The summed E-state index contributed by atoms with van der Waals surface area (Å²) in [5, 5.41) is 0. The summed E-state index contributed by atoms with van der Waals surface area (Å²) < 4.78 is 5.49. The molecule has 0 spiro atoms. The molecular weight excluding hydrogens is 228 g/mol. The Morgan fingerprint density at radius 3 is 2.94 bits per heavy atom. The first-order valence-corrected chi connectivity index (χ1v) is 6.79. The van der Waals surface area contributed by atoms with Gasteiger partial charge in [-0.15, -0.1) is 0 Å². The molecule has 100 valence electrons. The van der Waals surface area contributed by atoms with E-state index >= 15 is 0 Å². The molecule has 4 heteroatoms. The first-order chi connectivity index (χ1) is 8.58. The maximum absolute atomic E-state index is 11.2. The van der Waals surface area contributed by atoms with Crippen molar-refractivity contribution in [2.75, 3.05) is 6.54 Å². The van der Waals surface area contributed by atoms with Crippen molar-refractivity contribution < 1.29 is 9.21 Å². The molecule has 0 amide bonds. The summed E-state index contributed by atoms with van der Waals surface area (Å²) in [6.45, 7) is 7.12. The van der Waals surface area contributed by atoms with Gasteiger partial charge in [-0.1, -0.05) is 6.42 Å². The SMILES string of the molecule is CC(=O)c1cnc(CC2CCCCN2C(C)C)o1. The number of ketones is 1. The van der Waals surface area contributed by atoms with Crippen LogP contribution in [0.25, 0.3) is 0 Å². The first kappa shape index (κ1) is 13.3. The lowest BCUT2D eigenvalue weighted by atomic mass is 9.98. The third kappa shape index (κ3) is 2.99. The van der Waals surface area contributed by atoms with Crippen molar-refractivity contribution in [3.8, 4) is 0 Å². The summed E-state index contributed by atoms with van der Waals surface area (Å²) in [5.74, 6) is 1.01. The minimum absolute atomic E-state index is 0.0573. The second kappa shape index (κ2) is 5.65. The highest BCUT2D eigenvalue weighted by molar-refractivity contribution is 5.90. The molecule has 1 aromatic rings. The molecule has 1 aliphatic rings. The Bertz CT molecular complexity index is 412. The van der Waals surface area contributed by atoms with Crippen LogP contribution in [0, 0.1) is 0 Å². The molecule has 2 heterocycles. The number of rotatable bonds is 4. The van der Waals surface area contributed by atoms with Gasteiger partial charge in [-0.05, 0) is 33.2 Å². The van der Waals surface area contributed by atoms with Crippen LogP contribution in [-0.4, -0.2) is 34.3 Å². The average Bonchev–Trinajstić information content (AvgIpc) is 2.78. The molecule has 0 bridgehead atoms. The smallest absolute Gasteiger partial charge is 0.196 e. The molecule has 1 aromatic heterocycles. The molecule has 1 unspecified atom stereocenters. The number of hydrogen-bond donors (Lipinski definition) is 0. The normalized spacial score (nSPS) is 21.4. The fraction of sp³-hybridized carbons (Fsp3) is 0.714. The lowest BCUT2D eigenvalue weighted by Crippen LogP contribution is -2.45. The van der Waals surface area contributed by atoms with Crippen LogP contribution >= 0.6 is 0 Å². The number of carbonyl (C=O) groups excluding carboxylic acids is 1. The van der Waals surface area contributed by atoms with Crippen molar-refractivity contribution in [2.45, 2.75) is 58.5 Å². The van der Waals surface area contributed by atoms with Crippen LogP contribution < -0.4 is 0 Å². The molecule has 0 saturated carbocycles.